The first-order chi connectivity index (χ1) is 12.0. The molecule has 1 atom stereocenters. The molecule has 1 aromatic heterocycles. The van der Waals surface area contributed by atoms with E-state index in [0.717, 1.165) is 18.5 Å². The van der Waals surface area contributed by atoms with Gasteiger partial charge in [-0.25, -0.2) is 4.68 Å². The first-order valence-corrected chi connectivity index (χ1v) is 8.75. The van der Waals surface area contributed by atoms with Crippen molar-refractivity contribution >= 4 is 11.8 Å². The Kier molecular flexibility index (Phi) is 5.16. The highest BCUT2D eigenvalue weighted by Crippen LogP contribution is 2.15. The van der Waals surface area contributed by atoms with Crippen molar-refractivity contribution in [2.45, 2.75) is 32.7 Å². The fraction of sp³-hybridized carbons (Fsp3) is 0.421. The molecule has 0 spiro atoms. The van der Waals surface area contributed by atoms with Gasteiger partial charge in [0.25, 0.3) is 5.91 Å². The molecule has 1 aromatic carbocycles. The summed E-state index contributed by atoms with van der Waals surface area (Å²) in [6.45, 7) is 4.98. The van der Waals surface area contributed by atoms with Crippen LogP contribution in [0.25, 0.3) is 5.69 Å². The highest BCUT2D eigenvalue weighted by Gasteiger charge is 2.27. The summed E-state index contributed by atoms with van der Waals surface area (Å²) >= 11 is 0. The van der Waals surface area contributed by atoms with Crippen molar-refractivity contribution in [2.75, 3.05) is 13.1 Å². The van der Waals surface area contributed by atoms with E-state index in [1.807, 2.05) is 44.2 Å². The number of likely N-dealkylation sites (tertiary alicyclic amines) is 1. The van der Waals surface area contributed by atoms with Crippen LogP contribution in [0, 0.1) is 5.92 Å². The van der Waals surface area contributed by atoms with E-state index in [-0.39, 0.29) is 23.8 Å². The zero-order valence-corrected chi connectivity index (χ0v) is 14.7. The maximum Gasteiger partial charge on any atom is 0.274 e. The van der Waals surface area contributed by atoms with E-state index < -0.39 is 0 Å². The SMILES string of the molecule is CC(C)C(=O)NC1CCCN(C(=O)c2ccn(-c3ccccc3)n2)C1. The first-order valence-electron chi connectivity index (χ1n) is 8.75. The van der Waals surface area contributed by atoms with Gasteiger partial charge in [0, 0.05) is 31.2 Å². The standard InChI is InChI=1S/C19H24N4O2/c1-14(2)18(24)20-15-7-6-11-22(13-15)19(25)17-10-12-23(21-17)16-8-4-3-5-9-16/h3-5,8-10,12,14-15H,6-7,11,13H2,1-2H3,(H,20,24). The molecule has 1 N–H and O–H groups in total. The van der Waals surface area contributed by atoms with Gasteiger partial charge in [0.2, 0.25) is 5.91 Å². The Labute approximate surface area is 147 Å². The predicted molar refractivity (Wildman–Crippen MR) is 95.5 cm³/mol. The van der Waals surface area contributed by atoms with Crippen molar-refractivity contribution in [3.8, 4) is 5.69 Å². The lowest BCUT2D eigenvalue weighted by molar-refractivity contribution is -0.125. The molecule has 1 fully saturated rings. The molecule has 0 aliphatic carbocycles. The molecular formula is C19H24N4O2. The van der Waals surface area contributed by atoms with Crippen LogP contribution in [0.2, 0.25) is 0 Å². The van der Waals surface area contributed by atoms with Crippen LogP contribution in [0.1, 0.15) is 37.2 Å². The number of carbonyl (C=O) groups excluding carboxylic acids is 2. The molecular weight excluding hydrogens is 316 g/mol. The number of nitrogens with zero attached hydrogens (tertiary/aromatic N) is 3. The second kappa shape index (κ2) is 7.51. The van der Waals surface area contributed by atoms with Crippen LogP contribution in [-0.4, -0.2) is 45.6 Å². The third-order valence-corrected chi connectivity index (χ3v) is 4.41. The van der Waals surface area contributed by atoms with Gasteiger partial charge in [-0.05, 0) is 31.0 Å². The van der Waals surface area contributed by atoms with Crippen LogP contribution in [-0.2, 0) is 4.79 Å². The lowest BCUT2D eigenvalue weighted by Crippen LogP contribution is -2.50. The number of hydrogen-bond acceptors (Lipinski definition) is 3. The van der Waals surface area contributed by atoms with Gasteiger partial charge in [0.1, 0.15) is 0 Å². The Morgan fingerprint density at radius 1 is 1.20 bits per heavy atom. The molecule has 0 bridgehead atoms. The van der Waals surface area contributed by atoms with E-state index in [2.05, 4.69) is 10.4 Å². The highest BCUT2D eigenvalue weighted by atomic mass is 16.2. The van der Waals surface area contributed by atoms with Crippen LogP contribution in [0.15, 0.2) is 42.6 Å². The van der Waals surface area contributed by atoms with Crippen molar-refractivity contribution < 1.29 is 9.59 Å². The largest absolute Gasteiger partial charge is 0.351 e. The highest BCUT2D eigenvalue weighted by molar-refractivity contribution is 5.92. The molecule has 2 amide bonds. The molecule has 6 heteroatoms. The Bertz CT molecular complexity index is 739. The lowest BCUT2D eigenvalue weighted by atomic mass is 10.0. The van der Waals surface area contributed by atoms with Gasteiger partial charge < -0.3 is 10.2 Å². The topological polar surface area (TPSA) is 67.2 Å². The third-order valence-electron chi connectivity index (χ3n) is 4.41. The van der Waals surface area contributed by atoms with Crippen LogP contribution < -0.4 is 5.32 Å². The summed E-state index contributed by atoms with van der Waals surface area (Å²) in [7, 11) is 0. The van der Waals surface area contributed by atoms with Gasteiger partial charge in [0.15, 0.2) is 5.69 Å². The van der Waals surface area contributed by atoms with Crippen molar-refractivity contribution in [1.82, 2.24) is 20.0 Å². The van der Waals surface area contributed by atoms with Crippen molar-refractivity contribution in [1.29, 1.82) is 0 Å². The molecule has 1 saturated heterocycles. The number of hydrogen-bond donors (Lipinski definition) is 1. The maximum absolute atomic E-state index is 12.7. The van der Waals surface area contributed by atoms with Gasteiger partial charge in [-0.1, -0.05) is 32.0 Å². The number of aromatic nitrogens is 2. The molecule has 0 saturated carbocycles. The Morgan fingerprint density at radius 2 is 1.96 bits per heavy atom. The first kappa shape index (κ1) is 17.2. The smallest absolute Gasteiger partial charge is 0.274 e. The number of nitrogens with one attached hydrogen (secondary N) is 1. The van der Waals surface area contributed by atoms with Crippen LogP contribution >= 0.6 is 0 Å². The summed E-state index contributed by atoms with van der Waals surface area (Å²) in [6, 6.07) is 11.5. The molecule has 6 nitrogen and oxygen atoms in total. The summed E-state index contributed by atoms with van der Waals surface area (Å²) in [4.78, 5) is 26.4. The maximum atomic E-state index is 12.7. The average Bonchev–Trinajstić information content (AvgIpc) is 3.12. The number of carbonyl (C=O) groups is 2. The molecule has 132 valence electrons. The van der Waals surface area contributed by atoms with Crippen molar-refractivity contribution in [3.05, 3.63) is 48.3 Å². The summed E-state index contributed by atoms with van der Waals surface area (Å²) in [6.07, 6.45) is 3.58. The predicted octanol–water partition coefficient (Wildman–Crippen LogP) is 2.25. The number of benzene rings is 1. The van der Waals surface area contributed by atoms with Gasteiger partial charge in [-0.2, -0.15) is 5.10 Å². The lowest BCUT2D eigenvalue weighted by Gasteiger charge is -2.33. The Hall–Kier alpha value is -2.63. The van der Waals surface area contributed by atoms with Crippen molar-refractivity contribution in [3.63, 3.8) is 0 Å². The fourth-order valence-electron chi connectivity index (χ4n) is 2.97. The van der Waals surface area contributed by atoms with Gasteiger partial charge in [-0.3, -0.25) is 9.59 Å². The van der Waals surface area contributed by atoms with Crippen molar-refractivity contribution in [2.24, 2.45) is 5.92 Å². The number of rotatable bonds is 4. The molecule has 1 unspecified atom stereocenters. The number of amides is 2. The monoisotopic (exact) mass is 340 g/mol. The van der Waals surface area contributed by atoms with E-state index in [9.17, 15) is 9.59 Å². The summed E-state index contributed by atoms with van der Waals surface area (Å²) in [5, 5.41) is 7.44. The van der Waals surface area contributed by atoms with Crippen LogP contribution in [0.5, 0.6) is 0 Å². The van der Waals surface area contributed by atoms with Gasteiger partial charge in [-0.15, -0.1) is 0 Å². The minimum Gasteiger partial charge on any atom is -0.351 e. The van der Waals surface area contributed by atoms with Crippen LogP contribution in [0.4, 0.5) is 0 Å². The van der Waals surface area contributed by atoms with E-state index in [1.54, 1.807) is 21.8 Å². The quantitative estimate of drug-likeness (QED) is 0.928. The minimum atomic E-state index is -0.0850. The van der Waals surface area contributed by atoms with Crippen LogP contribution in [0.3, 0.4) is 0 Å². The summed E-state index contributed by atoms with van der Waals surface area (Å²) < 4.78 is 1.70. The molecule has 25 heavy (non-hydrogen) atoms. The third kappa shape index (κ3) is 4.07. The van der Waals surface area contributed by atoms with E-state index in [1.165, 1.54) is 0 Å². The number of para-hydroxylation sites is 1. The summed E-state index contributed by atoms with van der Waals surface area (Å²) in [5.74, 6) is -0.0986. The zero-order chi connectivity index (χ0) is 17.8. The van der Waals surface area contributed by atoms with Gasteiger partial charge in [0.05, 0.1) is 5.69 Å². The van der Waals surface area contributed by atoms with Gasteiger partial charge >= 0.3 is 0 Å². The van der Waals surface area contributed by atoms with E-state index >= 15 is 0 Å². The minimum absolute atomic E-state index is 0.0174. The van der Waals surface area contributed by atoms with E-state index in [4.69, 9.17) is 0 Å². The second-order valence-corrected chi connectivity index (χ2v) is 6.73. The molecule has 2 aromatic rings. The zero-order valence-electron chi connectivity index (χ0n) is 14.7. The summed E-state index contributed by atoms with van der Waals surface area (Å²) in [5.41, 5.74) is 1.35. The molecule has 2 heterocycles. The molecule has 3 rings (SSSR count). The Morgan fingerprint density at radius 3 is 2.68 bits per heavy atom. The normalized spacial score (nSPS) is 17.6. The van der Waals surface area contributed by atoms with E-state index in [0.29, 0.717) is 18.8 Å². The number of piperidine rings is 1. The molecule has 0 radical (unpaired) electrons. The molecule has 1 aliphatic heterocycles. The Balaban J connectivity index is 1.66. The molecule has 1 aliphatic rings. The fourth-order valence-corrected chi connectivity index (χ4v) is 2.97. The second-order valence-electron chi connectivity index (χ2n) is 6.73. The average molecular weight is 340 g/mol.